The van der Waals surface area contributed by atoms with E-state index in [-0.39, 0.29) is 0 Å². The standard InChI is InChI=1S/C28H26.2C23H22.C22H22.C18H18.C17H18.C16H18/c1-19-5-7-23(8-6-19)24-9-11-25(12-10-24)26-13-15-27(16-14-26)28-17-20(2)22(4)21(3)18-28;1-14-5-7-22-20(9-14)13-21-12-18(6-8-23(21)22)19-10-15(2)17(4)16(3)11-19;1-14-5-7-18(8-6-14)19-9-10-21-20(12-19)13-22-17(4)16(3)15(2)11-23(21)22;1-15-5-7-19(8-6-15)20-9-11-21(12-10-20)22-13-16(2)18(4)17(3)14-22;1-11-5-7-17-15(9-11)6-8-16-14(4)13(3)12(2)10-18(16)17;1-10-5-6-15-14(7-10)9-16-13(4)12(3)11(2)8-17(15)16;1-11-5-7-15(8-6-11)16-9-12(2)14(4)13(3)10-16/h5-18H,1-4H3;2*5-12H,13H2,1-4H3;5-14H,1-4H3;5-10H,1-4H3;5-8H,9H2,1-4H3;5-10H,1-4H3. The van der Waals surface area contributed by atoms with Crippen molar-refractivity contribution in [3.8, 4) is 122 Å². The van der Waals surface area contributed by atoms with Crippen LogP contribution in [0.25, 0.3) is 144 Å². The van der Waals surface area contributed by atoms with Crippen molar-refractivity contribution in [1.29, 1.82) is 0 Å². The molecule has 0 aliphatic heterocycles. The third kappa shape index (κ3) is 22.8. The lowest BCUT2D eigenvalue weighted by atomic mass is 9.93. The summed E-state index contributed by atoms with van der Waals surface area (Å²) in [5.74, 6) is 0. The zero-order valence-corrected chi connectivity index (χ0v) is 92.5. The Balaban J connectivity index is 0.000000118. The SMILES string of the molecule is Cc1ccc(-c2cc(C)c(C)c(C)c2)cc1.Cc1ccc(-c2ccc(-c3cc(C)c(C)c(C)c3)cc2)cc1.Cc1ccc(-c2ccc(-c3ccc(-c4cc(C)c(C)c(C)c4)cc3)cc2)cc1.Cc1ccc(-c2ccc3c(c2)Cc2c-3cc(C)c(C)c2C)cc1.Cc1ccc2c(c1)Cc1c-2cc(C)c(C)c1C.Cc1ccc2c(c1)Cc1cc(-c3cc(C)c(C)c(C)c3)ccc1-2.Cc1ccc2c(ccc3c(C)c(C)c(C)cc32)c1. The second-order valence-corrected chi connectivity index (χ2v) is 43.0. The van der Waals surface area contributed by atoms with E-state index < -0.39 is 0 Å². The molecule has 3 aliphatic carbocycles. The molecule has 0 nitrogen and oxygen atoms in total. The number of rotatable bonds is 8. The van der Waals surface area contributed by atoms with Gasteiger partial charge in [-0.2, -0.15) is 0 Å². The van der Waals surface area contributed by atoms with Crippen LogP contribution in [0.5, 0.6) is 0 Å². The van der Waals surface area contributed by atoms with Crippen molar-refractivity contribution in [2.24, 2.45) is 0 Å². The number of benzene rings is 20. The van der Waals surface area contributed by atoms with E-state index in [1.807, 2.05) is 0 Å². The summed E-state index contributed by atoms with van der Waals surface area (Å²) in [6.45, 7) is 61.4. The number of hydrogen-bond acceptors (Lipinski definition) is 0. The Bertz CT molecular complexity index is 8270. The molecule has 0 amide bonds. The third-order valence-corrected chi connectivity index (χ3v) is 32.7. The Labute approximate surface area is 879 Å². The average molecular weight is 1910 g/mol. The number of hydrogen-bond donors (Lipinski definition) is 0. The molecule has 3 aliphatic rings. The molecule has 0 heteroatoms. The van der Waals surface area contributed by atoms with Crippen molar-refractivity contribution in [2.75, 3.05) is 0 Å². The van der Waals surface area contributed by atoms with E-state index in [1.54, 1.807) is 0 Å². The molecule has 0 aromatic heterocycles. The van der Waals surface area contributed by atoms with Crippen LogP contribution >= 0.6 is 0 Å². The van der Waals surface area contributed by atoms with Gasteiger partial charge in [0.15, 0.2) is 0 Å². The second kappa shape index (κ2) is 44.1. The zero-order chi connectivity index (χ0) is 104. The van der Waals surface area contributed by atoms with Gasteiger partial charge in [0.25, 0.3) is 0 Å². The van der Waals surface area contributed by atoms with Crippen molar-refractivity contribution in [3.63, 3.8) is 0 Å². The molecule has 0 saturated heterocycles. The topological polar surface area (TPSA) is 0 Å². The molecular formula is C147H146. The Hall–Kier alpha value is -15.1. The van der Waals surface area contributed by atoms with Gasteiger partial charge in [0.05, 0.1) is 0 Å². The van der Waals surface area contributed by atoms with E-state index >= 15 is 0 Å². The lowest BCUT2D eigenvalue weighted by molar-refractivity contribution is 1.16. The summed E-state index contributed by atoms with van der Waals surface area (Å²) in [5.41, 5.74) is 76.7. The van der Waals surface area contributed by atoms with E-state index in [0.29, 0.717) is 0 Å². The Morgan fingerprint density at radius 2 is 0.327 bits per heavy atom. The molecule has 147 heavy (non-hydrogen) atoms. The minimum atomic E-state index is 1.06. The summed E-state index contributed by atoms with van der Waals surface area (Å²) in [6.07, 6.45) is 3.24. The maximum atomic E-state index is 2.38. The fraction of sp³-hybridized carbons (Fsp3) is 0.211. The first-order valence-corrected chi connectivity index (χ1v) is 52.8. The van der Waals surface area contributed by atoms with Crippen LogP contribution in [-0.2, 0) is 19.3 Å². The van der Waals surface area contributed by atoms with Gasteiger partial charge in [-0.25, -0.2) is 0 Å². The maximum absolute atomic E-state index is 2.38. The summed E-state index contributed by atoms with van der Waals surface area (Å²) in [4.78, 5) is 0. The van der Waals surface area contributed by atoms with E-state index in [0.717, 1.165) is 19.3 Å². The molecule has 734 valence electrons. The van der Waals surface area contributed by atoms with Gasteiger partial charge in [0.2, 0.25) is 0 Å². The van der Waals surface area contributed by atoms with E-state index in [9.17, 15) is 0 Å². The predicted octanol–water partition coefficient (Wildman–Crippen LogP) is 40.8. The van der Waals surface area contributed by atoms with E-state index in [1.165, 1.54) is 333 Å². The molecule has 23 rings (SSSR count). The fourth-order valence-corrected chi connectivity index (χ4v) is 21.6. The maximum Gasteiger partial charge on any atom is -0.00105 e. The summed E-state index contributed by atoms with van der Waals surface area (Å²) in [5, 5.41) is 5.47. The first kappa shape index (κ1) is 103. The van der Waals surface area contributed by atoms with Crippen LogP contribution in [-0.4, -0.2) is 0 Å². The van der Waals surface area contributed by atoms with Gasteiger partial charge in [0.1, 0.15) is 0 Å². The highest BCUT2D eigenvalue weighted by Crippen LogP contribution is 2.46. The van der Waals surface area contributed by atoms with Gasteiger partial charge in [-0.1, -0.05) is 379 Å². The van der Waals surface area contributed by atoms with Crippen LogP contribution in [0.15, 0.2) is 340 Å². The third-order valence-electron chi connectivity index (χ3n) is 32.7. The zero-order valence-electron chi connectivity index (χ0n) is 92.5. The average Bonchev–Trinajstić information content (AvgIpc) is 1.47. The minimum Gasteiger partial charge on any atom is -0.0587 e. The molecule has 0 N–H and O–H groups in total. The molecule has 0 fully saturated rings. The molecule has 20 aromatic carbocycles. The highest BCUT2D eigenvalue weighted by atomic mass is 14.3. The highest BCUT2D eigenvalue weighted by molar-refractivity contribution is 6.09. The molecule has 0 heterocycles. The summed E-state index contributed by atoms with van der Waals surface area (Å²) >= 11 is 0. The number of fused-ring (bicyclic) bond motifs is 12. The van der Waals surface area contributed by atoms with Gasteiger partial charge < -0.3 is 0 Å². The van der Waals surface area contributed by atoms with Crippen LogP contribution < -0.4 is 0 Å². The summed E-state index contributed by atoms with van der Waals surface area (Å²) in [7, 11) is 0. The Morgan fingerprint density at radius 3 is 0.660 bits per heavy atom. The molecule has 20 aromatic rings. The van der Waals surface area contributed by atoms with E-state index in [2.05, 4.69) is 534 Å². The Kier molecular flexibility index (Phi) is 31.0. The van der Waals surface area contributed by atoms with Crippen LogP contribution in [0, 0.1) is 194 Å². The summed E-state index contributed by atoms with van der Waals surface area (Å²) < 4.78 is 0. The van der Waals surface area contributed by atoms with Crippen LogP contribution in [0.3, 0.4) is 0 Å². The van der Waals surface area contributed by atoms with Gasteiger partial charge in [-0.05, 0) is 507 Å². The van der Waals surface area contributed by atoms with Crippen molar-refractivity contribution in [3.05, 3.63) is 529 Å². The quantitative estimate of drug-likeness (QED) is 0.133. The van der Waals surface area contributed by atoms with Crippen molar-refractivity contribution < 1.29 is 0 Å². The lowest BCUT2D eigenvalue weighted by Gasteiger charge is -2.12. The Morgan fingerprint density at radius 1 is 0.116 bits per heavy atom. The highest BCUT2D eigenvalue weighted by Gasteiger charge is 2.26. The summed E-state index contributed by atoms with van der Waals surface area (Å²) in [6, 6.07) is 126. The predicted molar refractivity (Wildman–Crippen MR) is 641 cm³/mol. The van der Waals surface area contributed by atoms with Gasteiger partial charge in [-0.15, -0.1) is 0 Å². The molecule has 0 atom stereocenters. The normalized spacial score (nSPS) is 11.5. The van der Waals surface area contributed by atoms with Crippen molar-refractivity contribution in [1.82, 2.24) is 0 Å². The monoisotopic (exact) mass is 1910 g/mol. The van der Waals surface area contributed by atoms with Gasteiger partial charge in [0, 0.05) is 0 Å². The first-order chi connectivity index (χ1) is 70.3. The van der Waals surface area contributed by atoms with Crippen molar-refractivity contribution >= 4 is 21.5 Å². The number of aryl methyl sites for hydroxylation is 19. The van der Waals surface area contributed by atoms with Gasteiger partial charge >= 0.3 is 0 Å². The largest absolute Gasteiger partial charge is 0.0587 e. The minimum absolute atomic E-state index is 1.06. The van der Waals surface area contributed by atoms with Crippen molar-refractivity contribution in [2.45, 2.75) is 213 Å². The molecule has 0 spiro atoms. The molecule has 0 radical (unpaired) electrons. The fourth-order valence-electron chi connectivity index (χ4n) is 21.6. The molecular weight excluding hydrogens is 1770 g/mol. The van der Waals surface area contributed by atoms with Gasteiger partial charge in [-0.3, -0.25) is 0 Å². The lowest BCUT2D eigenvalue weighted by Crippen LogP contribution is -1.93. The van der Waals surface area contributed by atoms with Crippen LogP contribution in [0.4, 0.5) is 0 Å². The second-order valence-electron chi connectivity index (χ2n) is 43.0. The molecule has 0 saturated carbocycles. The molecule has 0 unspecified atom stereocenters. The first-order valence-electron chi connectivity index (χ1n) is 52.8. The van der Waals surface area contributed by atoms with Crippen LogP contribution in [0.2, 0.25) is 0 Å². The van der Waals surface area contributed by atoms with Crippen LogP contribution in [0.1, 0.15) is 189 Å². The smallest absolute Gasteiger partial charge is 0.00105 e. The van der Waals surface area contributed by atoms with E-state index in [4.69, 9.17) is 0 Å². The molecule has 0 bridgehead atoms.